The molecule has 0 atom stereocenters. The minimum Gasteiger partial charge on any atom is -0.429 e. The number of rotatable bonds is 3. The lowest BCUT2D eigenvalue weighted by molar-refractivity contribution is 0.00526. The summed E-state index contributed by atoms with van der Waals surface area (Å²) >= 11 is 4.92. The zero-order chi connectivity index (χ0) is 14.9. The maximum Gasteiger partial charge on any atom is 0.266 e. The lowest BCUT2D eigenvalue weighted by atomic mass is 9.85. The fraction of sp³-hybridized carbons (Fsp3) is 0.467. The van der Waals surface area contributed by atoms with Gasteiger partial charge in [-0.1, -0.05) is 19.3 Å². The van der Waals surface area contributed by atoms with E-state index < -0.39 is 5.60 Å². The zero-order valence-corrected chi connectivity index (χ0v) is 12.5. The number of amides is 1. The molecule has 1 aromatic carbocycles. The summed E-state index contributed by atoms with van der Waals surface area (Å²) in [7, 11) is 0. The number of aliphatic hydroxyl groups is 1. The molecular formula is C15H18N2O3S. The van der Waals surface area contributed by atoms with Crippen LogP contribution in [0, 0.1) is 4.84 Å². The summed E-state index contributed by atoms with van der Waals surface area (Å²) in [6.45, 7) is 0.292. The number of nitrogens with one attached hydrogen (secondary N) is 2. The Hall–Kier alpha value is -1.66. The molecule has 3 rings (SSSR count). The van der Waals surface area contributed by atoms with Crippen molar-refractivity contribution in [1.29, 1.82) is 0 Å². The maximum atomic E-state index is 12.2. The lowest BCUT2D eigenvalue weighted by Gasteiger charge is -2.32. The molecule has 0 radical (unpaired) electrons. The second kappa shape index (κ2) is 5.61. The standard InChI is InChI=1S/C15H18N2O3S/c18-13(16-9-15(19)6-2-1-3-7-15)10-4-5-11-12(8-10)20-14(21)17-11/h4-5,8,19H,1-3,6-7,9H2,(H,16,18)(H,17,21). The number of hydrogen-bond acceptors (Lipinski definition) is 4. The molecule has 5 nitrogen and oxygen atoms in total. The highest BCUT2D eigenvalue weighted by Gasteiger charge is 2.29. The highest BCUT2D eigenvalue weighted by atomic mass is 32.1. The van der Waals surface area contributed by atoms with Gasteiger partial charge < -0.3 is 19.8 Å². The van der Waals surface area contributed by atoms with Crippen LogP contribution in [0.5, 0.6) is 0 Å². The van der Waals surface area contributed by atoms with Crippen LogP contribution in [0.1, 0.15) is 42.5 Å². The van der Waals surface area contributed by atoms with Crippen molar-refractivity contribution in [3.63, 3.8) is 0 Å². The van der Waals surface area contributed by atoms with E-state index in [4.69, 9.17) is 16.6 Å². The largest absolute Gasteiger partial charge is 0.429 e. The number of fused-ring (bicyclic) bond motifs is 1. The Morgan fingerprint density at radius 2 is 2.14 bits per heavy atom. The molecule has 21 heavy (non-hydrogen) atoms. The van der Waals surface area contributed by atoms with Crippen molar-refractivity contribution in [2.24, 2.45) is 0 Å². The van der Waals surface area contributed by atoms with E-state index >= 15 is 0 Å². The normalized spacial score (nSPS) is 17.8. The topological polar surface area (TPSA) is 78.3 Å². The fourth-order valence-corrected chi connectivity index (χ4v) is 3.02. The number of H-pyrrole nitrogens is 1. The molecule has 1 heterocycles. The number of aromatic nitrogens is 1. The Balaban J connectivity index is 1.70. The summed E-state index contributed by atoms with van der Waals surface area (Å²) in [5.41, 5.74) is 1.07. The van der Waals surface area contributed by atoms with E-state index in [0.29, 0.717) is 22.5 Å². The first kappa shape index (κ1) is 14.3. The number of carbonyl (C=O) groups is 1. The van der Waals surface area contributed by atoms with E-state index in [9.17, 15) is 9.90 Å². The summed E-state index contributed by atoms with van der Waals surface area (Å²) in [5, 5.41) is 13.2. The third-order valence-corrected chi connectivity index (χ3v) is 4.23. The fourth-order valence-electron chi connectivity index (χ4n) is 2.82. The first-order chi connectivity index (χ1) is 10.1. The molecule has 1 fully saturated rings. The van der Waals surface area contributed by atoms with Gasteiger partial charge in [0, 0.05) is 12.1 Å². The smallest absolute Gasteiger partial charge is 0.266 e. The number of carbonyl (C=O) groups excluding carboxylic acids is 1. The van der Waals surface area contributed by atoms with E-state index in [1.165, 1.54) is 0 Å². The number of hydrogen-bond donors (Lipinski definition) is 3. The Morgan fingerprint density at radius 1 is 1.38 bits per heavy atom. The van der Waals surface area contributed by atoms with Gasteiger partial charge in [0.2, 0.25) is 0 Å². The molecule has 1 saturated carbocycles. The molecule has 112 valence electrons. The Bertz CT molecular complexity index is 713. The van der Waals surface area contributed by atoms with Gasteiger partial charge in [-0.15, -0.1) is 0 Å². The van der Waals surface area contributed by atoms with E-state index in [0.717, 1.165) is 37.6 Å². The molecule has 3 N–H and O–H groups in total. The van der Waals surface area contributed by atoms with Crippen molar-refractivity contribution in [2.45, 2.75) is 37.7 Å². The summed E-state index contributed by atoms with van der Waals surface area (Å²) in [6.07, 6.45) is 4.69. The quantitative estimate of drug-likeness (QED) is 0.762. The number of oxazole rings is 1. The minimum atomic E-state index is -0.760. The Kier molecular flexibility index (Phi) is 3.82. The third-order valence-electron chi connectivity index (χ3n) is 4.05. The van der Waals surface area contributed by atoms with Gasteiger partial charge in [0.25, 0.3) is 10.7 Å². The summed E-state index contributed by atoms with van der Waals surface area (Å²) in [4.78, 5) is 15.4. The van der Waals surface area contributed by atoms with Crippen LogP contribution in [0.4, 0.5) is 0 Å². The van der Waals surface area contributed by atoms with E-state index in [1.54, 1.807) is 18.2 Å². The number of aromatic amines is 1. The van der Waals surface area contributed by atoms with Crippen LogP contribution in [-0.4, -0.2) is 28.1 Å². The highest BCUT2D eigenvalue weighted by molar-refractivity contribution is 7.71. The van der Waals surface area contributed by atoms with Crippen LogP contribution in [-0.2, 0) is 0 Å². The molecule has 6 heteroatoms. The second-order valence-electron chi connectivity index (χ2n) is 5.69. The summed E-state index contributed by atoms with van der Waals surface area (Å²) in [6, 6.07) is 5.13. The van der Waals surface area contributed by atoms with Gasteiger partial charge in [-0.25, -0.2) is 0 Å². The van der Waals surface area contributed by atoms with Gasteiger partial charge in [0.1, 0.15) is 0 Å². The maximum absolute atomic E-state index is 12.2. The van der Waals surface area contributed by atoms with Crippen molar-refractivity contribution in [3.8, 4) is 0 Å². The van der Waals surface area contributed by atoms with Gasteiger partial charge in [-0.05, 0) is 43.3 Å². The van der Waals surface area contributed by atoms with Crippen molar-refractivity contribution in [3.05, 3.63) is 28.6 Å². The predicted octanol–water partition coefficient (Wildman–Crippen LogP) is 2.92. The van der Waals surface area contributed by atoms with Crippen molar-refractivity contribution < 1.29 is 14.3 Å². The monoisotopic (exact) mass is 306 g/mol. The predicted molar refractivity (Wildman–Crippen MR) is 81.8 cm³/mol. The number of benzene rings is 1. The molecule has 0 spiro atoms. The van der Waals surface area contributed by atoms with Crippen molar-refractivity contribution in [2.75, 3.05) is 6.54 Å². The van der Waals surface area contributed by atoms with Crippen LogP contribution < -0.4 is 5.32 Å². The van der Waals surface area contributed by atoms with Crippen LogP contribution >= 0.6 is 12.2 Å². The Morgan fingerprint density at radius 3 is 2.90 bits per heavy atom. The molecule has 1 aliphatic carbocycles. The average molecular weight is 306 g/mol. The second-order valence-corrected chi connectivity index (χ2v) is 6.06. The summed E-state index contributed by atoms with van der Waals surface area (Å²) in [5.74, 6) is -0.210. The van der Waals surface area contributed by atoms with E-state index in [2.05, 4.69) is 10.3 Å². The molecule has 0 saturated heterocycles. The van der Waals surface area contributed by atoms with Gasteiger partial charge >= 0.3 is 0 Å². The first-order valence-electron chi connectivity index (χ1n) is 7.19. The van der Waals surface area contributed by atoms with E-state index in [1.807, 2.05) is 0 Å². The molecule has 2 aromatic rings. The van der Waals surface area contributed by atoms with Crippen LogP contribution in [0.3, 0.4) is 0 Å². The van der Waals surface area contributed by atoms with Crippen LogP contribution in [0.25, 0.3) is 11.1 Å². The van der Waals surface area contributed by atoms with Gasteiger partial charge in [0.15, 0.2) is 5.58 Å². The van der Waals surface area contributed by atoms with Gasteiger partial charge in [-0.3, -0.25) is 4.79 Å². The molecule has 0 aliphatic heterocycles. The zero-order valence-electron chi connectivity index (χ0n) is 11.6. The van der Waals surface area contributed by atoms with Crippen LogP contribution in [0.15, 0.2) is 22.6 Å². The Labute approximate surface area is 127 Å². The molecule has 1 aliphatic rings. The van der Waals surface area contributed by atoms with E-state index in [-0.39, 0.29) is 5.91 Å². The first-order valence-corrected chi connectivity index (χ1v) is 7.60. The summed E-state index contributed by atoms with van der Waals surface area (Å²) < 4.78 is 5.30. The third kappa shape index (κ3) is 3.16. The van der Waals surface area contributed by atoms with Crippen molar-refractivity contribution >= 4 is 29.2 Å². The van der Waals surface area contributed by atoms with Gasteiger partial charge in [-0.2, -0.15) is 0 Å². The molecule has 0 bridgehead atoms. The minimum absolute atomic E-state index is 0.210. The SMILES string of the molecule is O=C(NCC1(O)CCCCC1)c1ccc2[nH]c(=S)oc2c1. The molecular weight excluding hydrogens is 288 g/mol. The van der Waals surface area contributed by atoms with Crippen LogP contribution in [0.2, 0.25) is 0 Å². The van der Waals surface area contributed by atoms with Crippen molar-refractivity contribution in [1.82, 2.24) is 10.3 Å². The lowest BCUT2D eigenvalue weighted by Crippen LogP contribution is -2.44. The molecule has 1 aromatic heterocycles. The average Bonchev–Trinajstić information content (AvgIpc) is 2.84. The molecule has 1 amide bonds. The highest BCUT2D eigenvalue weighted by Crippen LogP contribution is 2.27. The molecule has 0 unspecified atom stereocenters. The van der Waals surface area contributed by atoms with Gasteiger partial charge in [0.05, 0.1) is 11.1 Å².